The molecular weight excluding hydrogens is 356 g/mol. The minimum atomic E-state index is 0.190. The molecule has 0 saturated heterocycles. The van der Waals surface area contributed by atoms with E-state index in [1.807, 2.05) is 17.0 Å². The second-order valence-electron chi connectivity index (χ2n) is 7.89. The SMILES string of the molecule is Cc1cc(C)cc(OCc2nc(CN(C(=O)C3CCCC3)C(C)C)cs2)c1. The Labute approximate surface area is 166 Å². The van der Waals surface area contributed by atoms with Gasteiger partial charge in [0.2, 0.25) is 5.91 Å². The van der Waals surface area contributed by atoms with Crippen LogP contribution in [-0.4, -0.2) is 21.8 Å². The fourth-order valence-electron chi connectivity index (χ4n) is 3.75. The van der Waals surface area contributed by atoms with E-state index >= 15 is 0 Å². The molecule has 1 aliphatic rings. The highest BCUT2D eigenvalue weighted by Crippen LogP contribution is 2.28. The molecule has 0 N–H and O–H groups in total. The van der Waals surface area contributed by atoms with Gasteiger partial charge in [0.1, 0.15) is 17.4 Å². The lowest BCUT2D eigenvalue weighted by Crippen LogP contribution is -2.39. The molecule has 1 saturated carbocycles. The van der Waals surface area contributed by atoms with Gasteiger partial charge >= 0.3 is 0 Å². The first kappa shape index (κ1) is 19.9. The van der Waals surface area contributed by atoms with Gasteiger partial charge in [-0.25, -0.2) is 4.98 Å². The second-order valence-corrected chi connectivity index (χ2v) is 8.83. The predicted octanol–water partition coefficient (Wildman–Crippen LogP) is 5.27. The van der Waals surface area contributed by atoms with E-state index in [4.69, 9.17) is 9.72 Å². The van der Waals surface area contributed by atoms with Crippen molar-refractivity contribution in [3.63, 3.8) is 0 Å². The largest absolute Gasteiger partial charge is 0.486 e. The highest BCUT2D eigenvalue weighted by molar-refractivity contribution is 7.09. The molecule has 0 aliphatic heterocycles. The van der Waals surface area contributed by atoms with E-state index in [0.29, 0.717) is 19.1 Å². The Kier molecular flexibility index (Phi) is 6.53. The Balaban J connectivity index is 1.61. The van der Waals surface area contributed by atoms with Crippen molar-refractivity contribution in [3.05, 3.63) is 45.4 Å². The van der Waals surface area contributed by atoms with Crippen LogP contribution >= 0.6 is 11.3 Å². The maximum absolute atomic E-state index is 12.8. The van der Waals surface area contributed by atoms with Gasteiger partial charge in [0.05, 0.1) is 12.2 Å². The van der Waals surface area contributed by atoms with Crippen molar-refractivity contribution in [1.82, 2.24) is 9.88 Å². The zero-order chi connectivity index (χ0) is 19.4. The number of hydrogen-bond donors (Lipinski definition) is 0. The zero-order valence-electron chi connectivity index (χ0n) is 16.8. The predicted molar refractivity (Wildman–Crippen MR) is 110 cm³/mol. The van der Waals surface area contributed by atoms with Gasteiger partial charge in [-0.2, -0.15) is 0 Å². The zero-order valence-corrected chi connectivity index (χ0v) is 17.6. The van der Waals surface area contributed by atoms with E-state index in [-0.39, 0.29) is 12.0 Å². The summed E-state index contributed by atoms with van der Waals surface area (Å²) in [5.74, 6) is 1.38. The average Bonchev–Trinajstić information content (AvgIpc) is 3.28. The molecule has 0 bridgehead atoms. The first-order valence-corrected chi connectivity index (χ1v) is 10.7. The van der Waals surface area contributed by atoms with Gasteiger partial charge in [0.25, 0.3) is 0 Å². The van der Waals surface area contributed by atoms with Crippen LogP contribution in [0, 0.1) is 19.8 Å². The van der Waals surface area contributed by atoms with E-state index in [9.17, 15) is 4.79 Å². The molecule has 0 spiro atoms. The minimum Gasteiger partial charge on any atom is -0.486 e. The summed E-state index contributed by atoms with van der Waals surface area (Å²) in [6.45, 7) is 9.37. The lowest BCUT2D eigenvalue weighted by Gasteiger charge is -2.28. The Hall–Kier alpha value is -1.88. The van der Waals surface area contributed by atoms with Gasteiger partial charge < -0.3 is 9.64 Å². The molecule has 4 nitrogen and oxygen atoms in total. The molecule has 1 aromatic carbocycles. The Morgan fingerprint density at radius 1 is 1.22 bits per heavy atom. The number of rotatable bonds is 7. The number of aryl methyl sites for hydroxylation is 2. The van der Waals surface area contributed by atoms with Crippen LogP contribution in [0.15, 0.2) is 23.6 Å². The number of benzene rings is 1. The highest BCUT2D eigenvalue weighted by Gasteiger charge is 2.29. The molecule has 27 heavy (non-hydrogen) atoms. The summed E-state index contributed by atoms with van der Waals surface area (Å²) in [5, 5.41) is 3.00. The molecule has 5 heteroatoms. The molecule has 3 rings (SSSR count). The molecule has 1 aliphatic carbocycles. The van der Waals surface area contributed by atoms with Crippen LogP contribution in [0.5, 0.6) is 5.75 Å². The average molecular weight is 387 g/mol. The lowest BCUT2D eigenvalue weighted by atomic mass is 10.1. The van der Waals surface area contributed by atoms with E-state index < -0.39 is 0 Å². The number of thiazole rings is 1. The van der Waals surface area contributed by atoms with Crippen LogP contribution in [0.3, 0.4) is 0 Å². The summed E-state index contributed by atoms with van der Waals surface area (Å²) >= 11 is 1.60. The van der Waals surface area contributed by atoms with Crippen molar-refractivity contribution in [3.8, 4) is 5.75 Å². The number of hydrogen-bond acceptors (Lipinski definition) is 4. The highest BCUT2D eigenvalue weighted by atomic mass is 32.1. The quantitative estimate of drug-likeness (QED) is 0.651. The fraction of sp³-hybridized carbons (Fsp3) is 0.545. The molecule has 2 aromatic rings. The molecule has 0 atom stereocenters. The minimum absolute atomic E-state index is 0.190. The van der Waals surface area contributed by atoms with Gasteiger partial charge in [-0.1, -0.05) is 18.9 Å². The third-order valence-electron chi connectivity index (χ3n) is 5.10. The fourth-order valence-corrected chi connectivity index (χ4v) is 4.44. The van der Waals surface area contributed by atoms with Crippen LogP contribution in [0.4, 0.5) is 0 Å². The molecule has 1 aromatic heterocycles. The van der Waals surface area contributed by atoms with Crippen molar-refractivity contribution in [1.29, 1.82) is 0 Å². The summed E-state index contributed by atoms with van der Waals surface area (Å²) in [6, 6.07) is 6.41. The van der Waals surface area contributed by atoms with Crippen LogP contribution in [0.25, 0.3) is 0 Å². The van der Waals surface area contributed by atoms with Gasteiger partial charge in [-0.05, 0) is 63.8 Å². The molecule has 0 unspecified atom stereocenters. The van der Waals surface area contributed by atoms with Crippen molar-refractivity contribution < 1.29 is 9.53 Å². The third kappa shape index (κ3) is 5.32. The first-order valence-electron chi connectivity index (χ1n) is 9.87. The smallest absolute Gasteiger partial charge is 0.226 e. The Morgan fingerprint density at radius 3 is 2.52 bits per heavy atom. The number of carbonyl (C=O) groups is 1. The molecule has 0 radical (unpaired) electrons. The number of carbonyl (C=O) groups excluding carboxylic acids is 1. The monoisotopic (exact) mass is 386 g/mol. The summed E-state index contributed by atoms with van der Waals surface area (Å²) in [5.41, 5.74) is 3.35. The Bertz CT molecular complexity index is 758. The normalized spacial score (nSPS) is 14.7. The standard InChI is InChI=1S/C22H30N2O2S/c1-15(2)24(22(25)18-7-5-6-8-18)12-19-14-27-21(23-19)13-26-20-10-16(3)9-17(4)11-20/h9-11,14-15,18H,5-8,12-13H2,1-4H3. The van der Waals surface area contributed by atoms with E-state index in [1.165, 1.54) is 24.0 Å². The maximum Gasteiger partial charge on any atom is 0.226 e. The van der Waals surface area contributed by atoms with E-state index in [1.54, 1.807) is 11.3 Å². The maximum atomic E-state index is 12.8. The van der Waals surface area contributed by atoms with Crippen molar-refractivity contribution >= 4 is 17.2 Å². The molecule has 1 fully saturated rings. The van der Waals surface area contributed by atoms with Crippen molar-refractivity contribution in [2.24, 2.45) is 5.92 Å². The van der Waals surface area contributed by atoms with Crippen LogP contribution in [-0.2, 0) is 17.9 Å². The number of ether oxygens (including phenoxy) is 1. The van der Waals surface area contributed by atoms with Gasteiger partial charge in [-0.15, -0.1) is 11.3 Å². The van der Waals surface area contributed by atoms with E-state index in [0.717, 1.165) is 29.3 Å². The number of aromatic nitrogens is 1. The van der Waals surface area contributed by atoms with Crippen molar-refractivity contribution in [2.75, 3.05) is 0 Å². The molecule has 1 amide bonds. The van der Waals surface area contributed by atoms with Gasteiger partial charge in [0.15, 0.2) is 0 Å². The summed E-state index contributed by atoms with van der Waals surface area (Å²) in [4.78, 5) is 19.5. The first-order chi connectivity index (χ1) is 12.9. The number of nitrogens with zero attached hydrogens (tertiary/aromatic N) is 2. The molecule has 146 valence electrons. The van der Waals surface area contributed by atoms with Gasteiger partial charge in [0, 0.05) is 17.3 Å². The number of amides is 1. The topological polar surface area (TPSA) is 42.4 Å². The summed E-state index contributed by atoms with van der Waals surface area (Å²) in [6.07, 6.45) is 4.43. The summed E-state index contributed by atoms with van der Waals surface area (Å²) in [7, 11) is 0. The second kappa shape index (κ2) is 8.87. The Morgan fingerprint density at radius 2 is 1.89 bits per heavy atom. The molecular formula is C22H30N2O2S. The molecule has 1 heterocycles. The van der Waals surface area contributed by atoms with Gasteiger partial charge in [-0.3, -0.25) is 4.79 Å². The third-order valence-corrected chi connectivity index (χ3v) is 5.97. The van der Waals surface area contributed by atoms with Crippen LogP contribution in [0.1, 0.15) is 61.4 Å². The van der Waals surface area contributed by atoms with Crippen LogP contribution < -0.4 is 4.74 Å². The lowest BCUT2D eigenvalue weighted by molar-refractivity contribution is -0.137. The summed E-state index contributed by atoms with van der Waals surface area (Å²) < 4.78 is 5.92. The van der Waals surface area contributed by atoms with E-state index in [2.05, 4.69) is 39.1 Å². The van der Waals surface area contributed by atoms with Crippen LogP contribution in [0.2, 0.25) is 0 Å². The van der Waals surface area contributed by atoms with Crippen molar-refractivity contribution in [2.45, 2.75) is 72.6 Å².